The molecule has 2 heterocycles. The highest BCUT2D eigenvalue weighted by molar-refractivity contribution is 8.00. The lowest BCUT2D eigenvalue weighted by Crippen LogP contribution is -2.34. The van der Waals surface area contributed by atoms with Crippen LogP contribution in [0.5, 0.6) is 5.75 Å². The van der Waals surface area contributed by atoms with Gasteiger partial charge in [-0.2, -0.15) is 0 Å². The van der Waals surface area contributed by atoms with Crippen molar-refractivity contribution < 1.29 is 9.53 Å². The smallest absolute Gasteiger partial charge is 0.233 e. The van der Waals surface area contributed by atoms with Crippen molar-refractivity contribution in [2.75, 3.05) is 39.0 Å². The molecule has 2 saturated heterocycles. The Morgan fingerprint density at radius 3 is 2.57 bits per heavy atom. The first-order chi connectivity index (χ1) is 11.3. The van der Waals surface area contributed by atoms with Gasteiger partial charge in [0.05, 0.1) is 12.9 Å². The molecule has 1 atom stereocenters. The Hall–Kier alpha value is -1.20. The Balaban J connectivity index is 1.55. The number of ether oxygens (including phenoxy) is 1. The fraction of sp³-hybridized carbons (Fsp3) is 0.611. The van der Waals surface area contributed by atoms with E-state index in [1.165, 1.54) is 37.9 Å². The summed E-state index contributed by atoms with van der Waals surface area (Å²) in [6, 6.07) is 8.11. The van der Waals surface area contributed by atoms with E-state index in [9.17, 15) is 4.79 Å². The van der Waals surface area contributed by atoms with Crippen LogP contribution in [0.4, 0.5) is 0 Å². The summed E-state index contributed by atoms with van der Waals surface area (Å²) in [5.41, 5.74) is 1.19. The maximum atomic E-state index is 12.2. The lowest BCUT2D eigenvalue weighted by Gasteiger charge is -2.29. The molecule has 0 N–H and O–H groups in total. The van der Waals surface area contributed by atoms with E-state index in [-0.39, 0.29) is 11.3 Å². The highest BCUT2D eigenvalue weighted by atomic mass is 32.2. The maximum Gasteiger partial charge on any atom is 0.233 e. The second-order valence-corrected chi connectivity index (χ2v) is 7.35. The van der Waals surface area contributed by atoms with Crippen LogP contribution in [0.3, 0.4) is 0 Å². The van der Waals surface area contributed by atoms with Crippen molar-refractivity contribution >= 4 is 17.7 Å². The van der Waals surface area contributed by atoms with Crippen LogP contribution in [0, 0.1) is 0 Å². The van der Waals surface area contributed by atoms with Gasteiger partial charge in [-0.1, -0.05) is 18.6 Å². The molecule has 0 radical (unpaired) electrons. The lowest BCUT2D eigenvalue weighted by atomic mass is 10.1. The fourth-order valence-corrected chi connectivity index (χ4v) is 4.61. The van der Waals surface area contributed by atoms with Crippen LogP contribution in [0.25, 0.3) is 0 Å². The Morgan fingerprint density at radius 1 is 1.13 bits per heavy atom. The van der Waals surface area contributed by atoms with Gasteiger partial charge in [-0.3, -0.25) is 4.79 Å². The third-order valence-corrected chi connectivity index (χ3v) is 5.95. The number of nitrogens with zero attached hydrogens (tertiary/aromatic N) is 2. The normalized spacial score (nSPS) is 22.6. The number of methoxy groups -OCH3 is 1. The molecule has 4 nitrogen and oxygen atoms in total. The molecule has 1 aromatic carbocycles. The van der Waals surface area contributed by atoms with Gasteiger partial charge in [0.1, 0.15) is 11.1 Å². The quantitative estimate of drug-likeness (QED) is 0.800. The number of thioether (sulfide) groups is 1. The van der Waals surface area contributed by atoms with Crippen LogP contribution in [-0.4, -0.2) is 54.7 Å². The van der Waals surface area contributed by atoms with Gasteiger partial charge in [0, 0.05) is 6.54 Å². The minimum Gasteiger partial charge on any atom is -0.497 e. The van der Waals surface area contributed by atoms with Gasteiger partial charge in [0.2, 0.25) is 5.91 Å². The zero-order valence-electron chi connectivity index (χ0n) is 13.9. The van der Waals surface area contributed by atoms with Crippen molar-refractivity contribution in [3.8, 4) is 5.75 Å². The maximum absolute atomic E-state index is 12.2. The molecule has 126 valence electrons. The number of amides is 1. The van der Waals surface area contributed by atoms with Gasteiger partial charge < -0.3 is 14.5 Å². The fourth-order valence-electron chi connectivity index (χ4n) is 3.39. The summed E-state index contributed by atoms with van der Waals surface area (Å²) in [5.74, 6) is 1.73. The average Bonchev–Trinajstić information content (AvgIpc) is 2.97. The lowest BCUT2D eigenvalue weighted by molar-refractivity contribution is -0.128. The molecule has 2 aliphatic heterocycles. The van der Waals surface area contributed by atoms with E-state index in [2.05, 4.69) is 21.9 Å². The highest BCUT2D eigenvalue weighted by Gasteiger charge is 2.32. The van der Waals surface area contributed by atoms with Crippen LogP contribution in [0.2, 0.25) is 0 Å². The molecule has 1 unspecified atom stereocenters. The second kappa shape index (κ2) is 8.06. The number of piperidine rings is 1. The van der Waals surface area contributed by atoms with Crippen LogP contribution >= 0.6 is 11.8 Å². The Morgan fingerprint density at radius 2 is 1.87 bits per heavy atom. The van der Waals surface area contributed by atoms with E-state index in [4.69, 9.17) is 4.74 Å². The Labute approximate surface area is 143 Å². The van der Waals surface area contributed by atoms with E-state index >= 15 is 0 Å². The first-order valence-electron chi connectivity index (χ1n) is 8.55. The molecule has 23 heavy (non-hydrogen) atoms. The third-order valence-electron chi connectivity index (χ3n) is 4.69. The van der Waals surface area contributed by atoms with Gasteiger partial charge in [-0.05, 0) is 56.6 Å². The van der Waals surface area contributed by atoms with Crippen molar-refractivity contribution in [3.05, 3.63) is 29.8 Å². The summed E-state index contributed by atoms with van der Waals surface area (Å²) in [6.45, 7) is 4.43. The van der Waals surface area contributed by atoms with Crippen molar-refractivity contribution in [3.63, 3.8) is 0 Å². The van der Waals surface area contributed by atoms with Crippen molar-refractivity contribution in [2.45, 2.75) is 31.1 Å². The Bertz CT molecular complexity index is 514. The number of rotatable bonds is 6. The molecular weight excluding hydrogens is 308 g/mol. The first kappa shape index (κ1) is 16.7. The third kappa shape index (κ3) is 4.21. The molecule has 0 aromatic heterocycles. The monoisotopic (exact) mass is 334 g/mol. The van der Waals surface area contributed by atoms with E-state index in [0.29, 0.717) is 5.75 Å². The topological polar surface area (TPSA) is 32.8 Å². The van der Waals surface area contributed by atoms with Crippen LogP contribution in [-0.2, 0) is 4.79 Å². The average molecular weight is 334 g/mol. The van der Waals surface area contributed by atoms with E-state index in [0.717, 1.165) is 25.3 Å². The summed E-state index contributed by atoms with van der Waals surface area (Å²) in [5, 5.41) is 0.162. The molecule has 3 rings (SSSR count). The summed E-state index contributed by atoms with van der Waals surface area (Å²) >= 11 is 1.73. The number of carbonyl (C=O) groups excluding carboxylic acids is 1. The first-order valence-corrected chi connectivity index (χ1v) is 9.60. The van der Waals surface area contributed by atoms with Crippen molar-refractivity contribution in [2.24, 2.45) is 0 Å². The van der Waals surface area contributed by atoms with Gasteiger partial charge in [0.15, 0.2) is 0 Å². The summed E-state index contributed by atoms with van der Waals surface area (Å²) < 4.78 is 5.22. The van der Waals surface area contributed by atoms with Gasteiger partial charge >= 0.3 is 0 Å². The Kier molecular flexibility index (Phi) is 5.84. The van der Waals surface area contributed by atoms with E-state index < -0.39 is 0 Å². The highest BCUT2D eigenvalue weighted by Crippen LogP contribution is 2.39. The minimum absolute atomic E-state index is 0.162. The number of likely N-dealkylation sites (tertiary alicyclic amines) is 1. The number of benzene rings is 1. The van der Waals surface area contributed by atoms with Crippen molar-refractivity contribution in [1.29, 1.82) is 0 Å². The van der Waals surface area contributed by atoms with Gasteiger partial charge in [0.25, 0.3) is 0 Å². The van der Waals surface area contributed by atoms with Crippen molar-refractivity contribution in [1.82, 2.24) is 9.80 Å². The molecule has 1 aromatic rings. The zero-order chi connectivity index (χ0) is 16.1. The van der Waals surface area contributed by atoms with Crippen LogP contribution < -0.4 is 4.74 Å². The molecule has 0 spiro atoms. The molecule has 2 aliphatic rings. The summed E-state index contributed by atoms with van der Waals surface area (Å²) in [7, 11) is 1.68. The summed E-state index contributed by atoms with van der Waals surface area (Å²) in [6.07, 6.45) is 5.09. The number of hydrogen-bond donors (Lipinski definition) is 0. The molecular formula is C18H26N2O2S. The molecule has 0 saturated carbocycles. The molecule has 0 bridgehead atoms. The van der Waals surface area contributed by atoms with Gasteiger partial charge in [-0.15, -0.1) is 11.8 Å². The van der Waals surface area contributed by atoms with Gasteiger partial charge in [-0.25, -0.2) is 0 Å². The molecule has 1 amide bonds. The molecule has 2 fully saturated rings. The number of hydrogen-bond acceptors (Lipinski definition) is 4. The van der Waals surface area contributed by atoms with E-state index in [1.807, 2.05) is 12.1 Å². The second-order valence-electron chi connectivity index (χ2n) is 6.28. The SMILES string of the molecule is COc1ccc(C2SCC(=O)N2CCCN2CCCCC2)cc1. The number of carbonyl (C=O) groups is 1. The predicted octanol–water partition coefficient (Wildman–Crippen LogP) is 3.15. The predicted molar refractivity (Wildman–Crippen MR) is 94.8 cm³/mol. The standard InChI is InChI=1S/C18H26N2O2S/c1-22-16-8-6-15(7-9-16)18-20(17(21)14-23-18)13-5-12-19-10-3-2-4-11-19/h6-9,18H,2-5,10-14H2,1H3. The molecule has 5 heteroatoms. The van der Waals surface area contributed by atoms with Crippen LogP contribution in [0.15, 0.2) is 24.3 Å². The largest absolute Gasteiger partial charge is 0.497 e. The minimum atomic E-state index is 0.162. The summed E-state index contributed by atoms with van der Waals surface area (Å²) in [4.78, 5) is 16.8. The zero-order valence-corrected chi connectivity index (χ0v) is 14.7. The van der Waals surface area contributed by atoms with Crippen LogP contribution in [0.1, 0.15) is 36.6 Å². The molecule has 0 aliphatic carbocycles. The van der Waals surface area contributed by atoms with E-state index in [1.54, 1.807) is 18.9 Å².